The van der Waals surface area contributed by atoms with E-state index < -0.39 is 10.0 Å². The van der Waals surface area contributed by atoms with Crippen molar-refractivity contribution in [2.75, 3.05) is 13.7 Å². The number of nitrogens with zero attached hydrogens (tertiary/aromatic N) is 2. The molecule has 0 aliphatic rings. The second kappa shape index (κ2) is 8.93. The number of rotatable bonds is 9. The van der Waals surface area contributed by atoms with E-state index in [-0.39, 0.29) is 29.0 Å². The van der Waals surface area contributed by atoms with Gasteiger partial charge >= 0.3 is 0 Å². The van der Waals surface area contributed by atoms with E-state index in [1.165, 1.54) is 12.1 Å². The first-order chi connectivity index (χ1) is 12.4. The number of hydrogen-bond acceptors (Lipinski definition) is 5. The lowest BCUT2D eigenvalue weighted by Gasteiger charge is -2.13. The summed E-state index contributed by atoms with van der Waals surface area (Å²) < 4.78 is 34.2. The predicted octanol–water partition coefficient (Wildman–Crippen LogP) is 1.15. The first-order valence-corrected chi connectivity index (χ1v) is 9.75. The molecule has 1 amide bonds. The summed E-state index contributed by atoms with van der Waals surface area (Å²) in [7, 11) is -2.20. The first kappa shape index (κ1) is 20.1. The molecule has 9 heteroatoms. The van der Waals surface area contributed by atoms with Gasteiger partial charge in [0.05, 0.1) is 17.7 Å². The molecule has 0 spiro atoms. The third-order valence-electron chi connectivity index (χ3n) is 3.68. The molecule has 1 aromatic carbocycles. The van der Waals surface area contributed by atoms with Crippen molar-refractivity contribution < 1.29 is 17.9 Å². The zero-order chi connectivity index (χ0) is 19.2. The monoisotopic (exact) mass is 380 g/mol. The Hall–Kier alpha value is -2.23. The second-order valence-electron chi connectivity index (χ2n) is 5.89. The van der Waals surface area contributed by atoms with E-state index in [1.807, 2.05) is 6.92 Å². The van der Waals surface area contributed by atoms with Gasteiger partial charge in [0.15, 0.2) is 0 Å². The largest absolute Gasteiger partial charge is 0.383 e. The van der Waals surface area contributed by atoms with E-state index in [9.17, 15) is 13.2 Å². The van der Waals surface area contributed by atoms with Crippen LogP contribution in [0, 0.1) is 0 Å². The molecule has 1 heterocycles. The molecule has 1 aromatic heterocycles. The maximum Gasteiger partial charge on any atom is 0.251 e. The number of amides is 1. The Morgan fingerprint density at radius 2 is 2.15 bits per heavy atom. The molecule has 0 aliphatic heterocycles. The van der Waals surface area contributed by atoms with Gasteiger partial charge in [-0.3, -0.25) is 9.48 Å². The number of aromatic nitrogens is 2. The molecule has 8 nitrogen and oxygen atoms in total. The van der Waals surface area contributed by atoms with Gasteiger partial charge in [-0.1, -0.05) is 6.07 Å². The van der Waals surface area contributed by atoms with Gasteiger partial charge < -0.3 is 10.1 Å². The third-order valence-corrected chi connectivity index (χ3v) is 5.08. The van der Waals surface area contributed by atoms with Gasteiger partial charge in [-0.15, -0.1) is 0 Å². The van der Waals surface area contributed by atoms with E-state index in [1.54, 1.807) is 43.2 Å². The van der Waals surface area contributed by atoms with Gasteiger partial charge in [0, 0.05) is 43.6 Å². The number of aryl methyl sites for hydroxylation is 1. The van der Waals surface area contributed by atoms with E-state index in [0.717, 1.165) is 5.56 Å². The number of nitrogens with one attached hydrogen (secondary N) is 2. The molecule has 26 heavy (non-hydrogen) atoms. The van der Waals surface area contributed by atoms with Crippen molar-refractivity contribution in [2.24, 2.45) is 0 Å². The Labute approximate surface area is 153 Å². The Morgan fingerprint density at radius 3 is 2.81 bits per heavy atom. The van der Waals surface area contributed by atoms with Crippen LogP contribution < -0.4 is 10.0 Å². The number of ether oxygens (including phenoxy) is 1. The lowest BCUT2D eigenvalue weighted by Crippen LogP contribution is -2.35. The average Bonchev–Trinajstić information content (AvgIpc) is 3.08. The van der Waals surface area contributed by atoms with Gasteiger partial charge in [-0.25, -0.2) is 13.1 Å². The molecule has 0 bridgehead atoms. The predicted molar refractivity (Wildman–Crippen MR) is 97.2 cm³/mol. The Balaban J connectivity index is 2.08. The molecule has 0 saturated carbocycles. The van der Waals surface area contributed by atoms with Gasteiger partial charge in [-0.2, -0.15) is 5.10 Å². The molecule has 2 aromatic rings. The minimum atomic E-state index is -3.74. The molecule has 2 N–H and O–H groups in total. The third kappa shape index (κ3) is 5.38. The van der Waals surface area contributed by atoms with Crippen LogP contribution in [0.25, 0.3) is 0 Å². The molecule has 2 rings (SSSR count). The maximum atomic E-state index is 12.5. The van der Waals surface area contributed by atoms with Crippen LogP contribution in [0.5, 0.6) is 0 Å². The van der Waals surface area contributed by atoms with Crippen LogP contribution in [0.15, 0.2) is 41.6 Å². The lowest BCUT2D eigenvalue weighted by atomic mass is 10.2. The lowest BCUT2D eigenvalue weighted by molar-refractivity contribution is 0.0905. The maximum absolute atomic E-state index is 12.5. The topological polar surface area (TPSA) is 102 Å². The molecular weight excluding hydrogens is 356 g/mol. The number of benzene rings is 1. The van der Waals surface area contributed by atoms with Crippen molar-refractivity contribution >= 4 is 15.9 Å². The molecule has 0 unspecified atom stereocenters. The minimum absolute atomic E-state index is 0.0347. The zero-order valence-electron chi connectivity index (χ0n) is 15.1. The molecule has 0 saturated heterocycles. The van der Waals surface area contributed by atoms with Gasteiger partial charge in [-0.05, 0) is 32.0 Å². The summed E-state index contributed by atoms with van der Waals surface area (Å²) in [5, 5.41) is 6.86. The van der Waals surface area contributed by atoms with Crippen LogP contribution >= 0.6 is 0 Å². The van der Waals surface area contributed by atoms with Crippen molar-refractivity contribution in [3.8, 4) is 0 Å². The summed E-state index contributed by atoms with van der Waals surface area (Å²) in [4.78, 5) is 12.3. The zero-order valence-corrected chi connectivity index (χ0v) is 15.9. The van der Waals surface area contributed by atoms with E-state index in [4.69, 9.17) is 4.74 Å². The normalized spacial score (nSPS) is 12.7. The second-order valence-corrected chi connectivity index (χ2v) is 7.65. The number of carbonyl (C=O) groups is 1. The fraction of sp³-hybridized carbons (Fsp3) is 0.412. The highest BCUT2D eigenvalue weighted by Crippen LogP contribution is 2.12. The average molecular weight is 380 g/mol. The molecule has 142 valence electrons. The summed E-state index contributed by atoms with van der Waals surface area (Å²) in [5.74, 6) is -0.351. The quantitative estimate of drug-likeness (QED) is 0.679. The number of hydrogen-bond donors (Lipinski definition) is 2. The van der Waals surface area contributed by atoms with Crippen molar-refractivity contribution in [1.82, 2.24) is 19.8 Å². The fourth-order valence-electron chi connectivity index (χ4n) is 2.34. The molecule has 0 aliphatic carbocycles. The molecule has 0 radical (unpaired) electrons. The Bertz CT molecular complexity index is 848. The van der Waals surface area contributed by atoms with Crippen molar-refractivity contribution in [2.45, 2.75) is 37.9 Å². The summed E-state index contributed by atoms with van der Waals surface area (Å²) in [6.07, 6.45) is 3.40. The molecule has 0 fully saturated rings. The first-order valence-electron chi connectivity index (χ1n) is 8.26. The van der Waals surface area contributed by atoms with Gasteiger partial charge in [0.1, 0.15) is 0 Å². The summed E-state index contributed by atoms with van der Waals surface area (Å²) >= 11 is 0. The Morgan fingerprint density at radius 1 is 1.38 bits per heavy atom. The number of sulfonamides is 1. The van der Waals surface area contributed by atoms with Crippen LogP contribution in [-0.4, -0.2) is 43.9 Å². The van der Waals surface area contributed by atoms with Gasteiger partial charge in [0.2, 0.25) is 10.0 Å². The molecule has 1 atom stereocenters. The van der Waals surface area contributed by atoms with Crippen LogP contribution in [0.2, 0.25) is 0 Å². The SMILES string of the molecule is CCn1cc(CNS(=O)(=O)c2cccc(C(=O)N[C@@H](C)COC)c2)cn1. The van der Waals surface area contributed by atoms with E-state index in [2.05, 4.69) is 15.1 Å². The van der Waals surface area contributed by atoms with Crippen molar-refractivity contribution in [1.29, 1.82) is 0 Å². The summed E-state index contributed by atoms with van der Waals surface area (Å²) in [6, 6.07) is 5.74. The van der Waals surface area contributed by atoms with Crippen molar-refractivity contribution in [3.63, 3.8) is 0 Å². The fourth-order valence-corrected chi connectivity index (χ4v) is 3.40. The highest BCUT2D eigenvalue weighted by Gasteiger charge is 2.17. The van der Waals surface area contributed by atoms with Crippen molar-refractivity contribution in [3.05, 3.63) is 47.8 Å². The van der Waals surface area contributed by atoms with Crippen LogP contribution in [0.3, 0.4) is 0 Å². The number of carbonyl (C=O) groups excluding carboxylic acids is 1. The van der Waals surface area contributed by atoms with E-state index >= 15 is 0 Å². The highest BCUT2D eigenvalue weighted by atomic mass is 32.2. The summed E-state index contributed by atoms with van der Waals surface area (Å²) in [6.45, 7) is 4.97. The Kier molecular flexibility index (Phi) is 6.90. The smallest absolute Gasteiger partial charge is 0.251 e. The van der Waals surface area contributed by atoms with E-state index in [0.29, 0.717) is 13.2 Å². The van der Waals surface area contributed by atoms with Crippen LogP contribution in [-0.2, 0) is 27.8 Å². The van der Waals surface area contributed by atoms with Gasteiger partial charge in [0.25, 0.3) is 5.91 Å². The molecular formula is C17H24N4O4S. The van der Waals surface area contributed by atoms with Crippen LogP contribution in [0.4, 0.5) is 0 Å². The standard InChI is InChI=1S/C17H24N4O4S/c1-4-21-11-14(9-18-21)10-19-26(23,24)16-7-5-6-15(8-16)17(22)20-13(2)12-25-3/h5-9,11,13,19H,4,10,12H2,1-3H3,(H,20,22)/t13-/m0/s1. The highest BCUT2D eigenvalue weighted by molar-refractivity contribution is 7.89. The summed E-state index contributed by atoms with van der Waals surface area (Å²) in [5.41, 5.74) is 1.03. The van der Waals surface area contributed by atoms with Crippen LogP contribution in [0.1, 0.15) is 29.8 Å². The number of methoxy groups -OCH3 is 1. The minimum Gasteiger partial charge on any atom is -0.383 e.